The lowest BCUT2D eigenvalue weighted by Gasteiger charge is -2.25. The van der Waals surface area contributed by atoms with Gasteiger partial charge >= 0.3 is 0 Å². The Labute approximate surface area is 277 Å². The topological polar surface area (TPSA) is 70.4 Å². The summed E-state index contributed by atoms with van der Waals surface area (Å²) in [4.78, 5) is 19.6. The maximum Gasteiger partial charge on any atom is 0.231 e. The largest absolute Gasteiger partial charge is 0.387 e. The van der Waals surface area contributed by atoms with Crippen LogP contribution in [0.2, 0.25) is 0 Å². The molecule has 0 saturated carbocycles. The number of nitrogens with one attached hydrogen (secondary N) is 1. The van der Waals surface area contributed by atoms with Gasteiger partial charge in [-0.15, -0.1) is 0 Å². The van der Waals surface area contributed by atoms with Crippen molar-refractivity contribution < 1.29 is 9.90 Å². The average molecular weight is 621 g/mol. The lowest BCUT2D eigenvalue weighted by atomic mass is 10.0. The molecule has 0 fully saturated rings. The molecule has 0 spiro atoms. The zero-order valence-electron chi connectivity index (χ0n) is 26.5. The van der Waals surface area contributed by atoms with Crippen LogP contribution in [0.15, 0.2) is 152 Å². The number of nitrogens with zero attached hydrogens (tertiary/aromatic N) is 3. The van der Waals surface area contributed by atoms with E-state index >= 15 is 0 Å². The van der Waals surface area contributed by atoms with Gasteiger partial charge in [0.15, 0.2) is 0 Å². The third kappa shape index (κ3) is 9.13. The van der Waals surface area contributed by atoms with Crippen molar-refractivity contribution in [3.05, 3.63) is 180 Å². The number of carbonyl (C=O) groups excluding carboxylic acids is 1. The van der Waals surface area contributed by atoms with Crippen molar-refractivity contribution in [2.24, 2.45) is 0 Å². The Morgan fingerprint density at radius 3 is 1.98 bits per heavy atom. The summed E-state index contributed by atoms with van der Waals surface area (Å²) in [5, 5.41) is 14.0. The number of carbonyl (C=O) groups is 1. The molecule has 1 heterocycles. The van der Waals surface area contributed by atoms with Gasteiger partial charge in [0, 0.05) is 44.3 Å². The van der Waals surface area contributed by atoms with Gasteiger partial charge in [-0.1, -0.05) is 127 Å². The summed E-state index contributed by atoms with van der Waals surface area (Å²) in [7, 11) is 0. The molecule has 0 aliphatic rings. The van der Waals surface area contributed by atoms with Crippen LogP contribution in [0, 0.1) is 0 Å². The molecule has 6 heteroatoms. The number of hydrogen-bond acceptors (Lipinski definition) is 4. The minimum absolute atomic E-state index is 0.0970. The molecule has 0 saturated heterocycles. The minimum atomic E-state index is -0.544. The summed E-state index contributed by atoms with van der Waals surface area (Å²) >= 11 is 0. The lowest BCUT2D eigenvalue weighted by Crippen LogP contribution is -2.30. The Kier molecular flexibility index (Phi) is 10.7. The first-order valence-electron chi connectivity index (χ1n) is 16.1. The van der Waals surface area contributed by atoms with Gasteiger partial charge < -0.3 is 15.0 Å². The summed E-state index contributed by atoms with van der Waals surface area (Å²) in [5.74, 6) is 0.638. The van der Waals surface area contributed by atoms with Crippen LogP contribution in [0.1, 0.15) is 34.2 Å². The number of amides is 1. The quantitative estimate of drug-likeness (QED) is 0.132. The molecule has 0 radical (unpaired) electrons. The number of aromatic nitrogens is 2. The van der Waals surface area contributed by atoms with E-state index in [9.17, 15) is 9.90 Å². The SMILES string of the molecule is O=C(Cc1nccn1Cc1ccccc1)Nc1ccc(-c2ccc(CCN(Cc3ccccc3)CC(O)c3ccccc3)cc2)cc1. The molecule has 0 bridgehead atoms. The molecule has 6 nitrogen and oxygen atoms in total. The molecule has 1 atom stereocenters. The van der Waals surface area contributed by atoms with Crippen molar-refractivity contribution in [3.8, 4) is 11.1 Å². The fourth-order valence-electron chi connectivity index (χ4n) is 5.78. The number of aliphatic hydroxyl groups is 1. The second kappa shape index (κ2) is 15.8. The molecular formula is C41H40N4O2. The van der Waals surface area contributed by atoms with Gasteiger partial charge in [-0.3, -0.25) is 9.69 Å². The van der Waals surface area contributed by atoms with E-state index in [1.165, 1.54) is 16.7 Å². The molecule has 2 N–H and O–H groups in total. The van der Waals surface area contributed by atoms with E-state index in [4.69, 9.17) is 0 Å². The molecule has 0 aliphatic heterocycles. The van der Waals surface area contributed by atoms with Crippen molar-refractivity contribution in [1.29, 1.82) is 0 Å². The monoisotopic (exact) mass is 620 g/mol. The van der Waals surface area contributed by atoms with Gasteiger partial charge in [0.1, 0.15) is 5.82 Å². The van der Waals surface area contributed by atoms with Crippen molar-refractivity contribution in [2.45, 2.75) is 32.0 Å². The van der Waals surface area contributed by atoms with Crippen LogP contribution in [-0.2, 0) is 30.7 Å². The summed E-state index contributed by atoms with van der Waals surface area (Å²) in [6, 6.07) is 47.1. The van der Waals surface area contributed by atoms with Crippen LogP contribution in [0.5, 0.6) is 0 Å². The molecule has 5 aromatic carbocycles. The Balaban J connectivity index is 1.03. The Hall–Kier alpha value is -5.30. The number of imidazole rings is 1. The third-order valence-electron chi connectivity index (χ3n) is 8.35. The highest BCUT2D eigenvalue weighted by molar-refractivity contribution is 5.92. The molecule has 0 aliphatic carbocycles. The fourth-order valence-corrected chi connectivity index (χ4v) is 5.78. The second-order valence-electron chi connectivity index (χ2n) is 11.9. The molecule has 6 rings (SSSR count). The first-order chi connectivity index (χ1) is 23.1. The average Bonchev–Trinajstić information content (AvgIpc) is 3.54. The van der Waals surface area contributed by atoms with E-state index in [0.29, 0.717) is 13.1 Å². The Morgan fingerprint density at radius 1 is 0.723 bits per heavy atom. The Morgan fingerprint density at radius 2 is 1.32 bits per heavy atom. The summed E-state index contributed by atoms with van der Waals surface area (Å²) in [6.07, 6.45) is 4.19. The molecular weight excluding hydrogens is 580 g/mol. The predicted octanol–water partition coefficient (Wildman–Crippen LogP) is 7.56. The smallest absolute Gasteiger partial charge is 0.231 e. The number of benzene rings is 5. The van der Waals surface area contributed by atoms with E-state index in [1.54, 1.807) is 6.20 Å². The van der Waals surface area contributed by atoms with Crippen molar-refractivity contribution in [3.63, 3.8) is 0 Å². The van der Waals surface area contributed by atoms with E-state index < -0.39 is 6.10 Å². The van der Waals surface area contributed by atoms with Gasteiger partial charge in [-0.05, 0) is 51.9 Å². The van der Waals surface area contributed by atoms with Crippen molar-refractivity contribution in [1.82, 2.24) is 14.5 Å². The summed E-state index contributed by atoms with van der Waals surface area (Å²) in [5.41, 5.74) is 7.55. The highest BCUT2D eigenvalue weighted by atomic mass is 16.3. The summed E-state index contributed by atoms with van der Waals surface area (Å²) in [6.45, 7) is 2.86. The first kappa shape index (κ1) is 31.7. The second-order valence-corrected chi connectivity index (χ2v) is 11.9. The van der Waals surface area contributed by atoms with Crippen LogP contribution in [0.3, 0.4) is 0 Å². The molecule has 1 aromatic heterocycles. The number of hydrogen-bond donors (Lipinski definition) is 2. The van der Waals surface area contributed by atoms with Gasteiger partial charge in [-0.2, -0.15) is 0 Å². The molecule has 47 heavy (non-hydrogen) atoms. The van der Waals surface area contributed by atoms with Crippen LogP contribution in [0.25, 0.3) is 11.1 Å². The predicted molar refractivity (Wildman–Crippen MR) is 189 cm³/mol. The molecule has 6 aromatic rings. The van der Waals surface area contributed by atoms with Gasteiger partial charge in [0.25, 0.3) is 0 Å². The zero-order valence-corrected chi connectivity index (χ0v) is 26.5. The molecule has 1 unspecified atom stereocenters. The van der Waals surface area contributed by atoms with Gasteiger partial charge in [-0.25, -0.2) is 4.98 Å². The fraction of sp³-hybridized carbons (Fsp3) is 0.171. The minimum Gasteiger partial charge on any atom is -0.387 e. The lowest BCUT2D eigenvalue weighted by molar-refractivity contribution is -0.115. The molecule has 1 amide bonds. The summed E-state index contributed by atoms with van der Waals surface area (Å²) < 4.78 is 2.01. The number of aliphatic hydroxyl groups excluding tert-OH is 1. The number of anilines is 1. The van der Waals surface area contributed by atoms with E-state index in [-0.39, 0.29) is 12.3 Å². The van der Waals surface area contributed by atoms with Crippen molar-refractivity contribution >= 4 is 11.6 Å². The van der Waals surface area contributed by atoms with E-state index in [2.05, 4.69) is 75.9 Å². The van der Waals surface area contributed by atoms with Gasteiger partial charge in [0.05, 0.1) is 12.5 Å². The normalized spacial score (nSPS) is 11.8. The third-order valence-corrected chi connectivity index (χ3v) is 8.35. The highest BCUT2D eigenvalue weighted by Gasteiger charge is 2.15. The van der Waals surface area contributed by atoms with E-state index in [1.807, 2.05) is 89.6 Å². The van der Waals surface area contributed by atoms with Crippen LogP contribution in [-0.4, -0.2) is 38.6 Å². The first-order valence-corrected chi connectivity index (χ1v) is 16.1. The molecule has 236 valence electrons. The van der Waals surface area contributed by atoms with Crippen LogP contribution >= 0.6 is 0 Å². The van der Waals surface area contributed by atoms with Crippen molar-refractivity contribution in [2.75, 3.05) is 18.4 Å². The van der Waals surface area contributed by atoms with E-state index in [0.717, 1.165) is 47.7 Å². The Bertz CT molecular complexity index is 1820. The van der Waals surface area contributed by atoms with Gasteiger partial charge in [0.2, 0.25) is 5.91 Å². The number of rotatable bonds is 14. The zero-order chi connectivity index (χ0) is 32.3. The maximum absolute atomic E-state index is 12.8. The standard InChI is InChI=1S/C41H40N4O2/c46-39(37-14-8-3-9-15-37)31-44(29-33-10-4-1-5-11-33)26-24-32-16-18-35(19-17-32)36-20-22-38(23-21-36)43-41(47)28-40-42-25-27-45(40)30-34-12-6-2-7-13-34/h1-23,25,27,39,46H,24,26,28-31H2,(H,43,47). The maximum atomic E-state index is 12.8. The van der Waals surface area contributed by atoms with Crippen LogP contribution < -0.4 is 5.32 Å². The highest BCUT2D eigenvalue weighted by Crippen LogP contribution is 2.23. The van der Waals surface area contributed by atoms with Crippen LogP contribution in [0.4, 0.5) is 5.69 Å².